The molecule has 0 radical (unpaired) electrons. The topological polar surface area (TPSA) is 38.0 Å². The van der Waals surface area contributed by atoms with Gasteiger partial charge in [0.25, 0.3) is 0 Å². The molecule has 0 aliphatic heterocycles. The molecule has 1 aromatic rings. The van der Waals surface area contributed by atoms with Crippen LogP contribution in [0.3, 0.4) is 0 Å². The average molecular weight is 214 g/mol. The van der Waals surface area contributed by atoms with Crippen molar-refractivity contribution in [3.05, 3.63) is 29.8 Å². The predicted octanol–water partition coefficient (Wildman–Crippen LogP) is 2.36. The van der Waals surface area contributed by atoms with Gasteiger partial charge in [0, 0.05) is 12.6 Å². The molecule has 1 rings (SSSR count). The lowest BCUT2D eigenvalue weighted by atomic mass is 10.1. The summed E-state index contributed by atoms with van der Waals surface area (Å²) in [6.45, 7) is 3.29. The fourth-order valence-corrected chi connectivity index (χ4v) is 1.30. The number of anilines is 1. The van der Waals surface area contributed by atoms with Crippen LogP contribution in [0.5, 0.6) is 0 Å². The Morgan fingerprint density at radius 2 is 2.13 bits per heavy atom. The average Bonchev–Trinajstić information content (AvgIpc) is 2.17. The first-order valence-electron chi connectivity index (χ1n) is 5.02. The second kappa shape index (κ2) is 5.66. The van der Waals surface area contributed by atoms with E-state index in [1.807, 2.05) is 6.92 Å². The van der Waals surface area contributed by atoms with Crippen molar-refractivity contribution in [3.63, 3.8) is 0 Å². The standard InChI is InChI=1S/C11H16F2N2/c1-8(4-5-14)7-15-11-3-2-9(12)6-10(11)13/h2-3,6,8,15H,4-5,7,14H2,1H3. The maximum Gasteiger partial charge on any atom is 0.149 e. The van der Waals surface area contributed by atoms with Gasteiger partial charge in [-0.1, -0.05) is 6.92 Å². The zero-order valence-electron chi connectivity index (χ0n) is 8.76. The van der Waals surface area contributed by atoms with E-state index in [1.54, 1.807) is 0 Å². The third-order valence-electron chi connectivity index (χ3n) is 2.23. The largest absolute Gasteiger partial charge is 0.382 e. The summed E-state index contributed by atoms with van der Waals surface area (Å²) < 4.78 is 25.7. The number of rotatable bonds is 5. The molecular weight excluding hydrogens is 198 g/mol. The molecule has 0 heterocycles. The molecule has 4 heteroatoms. The number of benzene rings is 1. The van der Waals surface area contributed by atoms with Gasteiger partial charge in [0.15, 0.2) is 0 Å². The monoisotopic (exact) mass is 214 g/mol. The molecule has 0 aliphatic rings. The molecule has 84 valence electrons. The van der Waals surface area contributed by atoms with E-state index in [1.165, 1.54) is 12.1 Å². The summed E-state index contributed by atoms with van der Waals surface area (Å²) in [6, 6.07) is 3.51. The van der Waals surface area contributed by atoms with Gasteiger partial charge in [0.05, 0.1) is 5.69 Å². The first kappa shape index (κ1) is 11.9. The molecule has 0 saturated carbocycles. The van der Waals surface area contributed by atoms with Crippen molar-refractivity contribution in [1.82, 2.24) is 0 Å². The van der Waals surface area contributed by atoms with Crippen LogP contribution in [-0.2, 0) is 0 Å². The fourth-order valence-electron chi connectivity index (χ4n) is 1.30. The first-order chi connectivity index (χ1) is 7.13. The molecular formula is C11H16F2N2. The van der Waals surface area contributed by atoms with Crippen molar-refractivity contribution >= 4 is 5.69 Å². The van der Waals surface area contributed by atoms with E-state index in [0.29, 0.717) is 24.7 Å². The quantitative estimate of drug-likeness (QED) is 0.789. The van der Waals surface area contributed by atoms with Crippen LogP contribution in [-0.4, -0.2) is 13.1 Å². The van der Waals surface area contributed by atoms with Gasteiger partial charge < -0.3 is 11.1 Å². The Kier molecular flexibility index (Phi) is 4.49. The fraction of sp³-hybridized carbons (Fsp3) is 0.455. The molecule has 0 aromatic heterocycles. The second-order valence-electron chi connectivity index (χ2n) is 3.69. The molecule has 0 amide bonds. The SMILES string of the molecule is CC(CCN)CNc1ccc(F)cc1F. The van der Waals surface area contributed by atoms with Gasteiger partial charge in [-0.25, -0.2) is 8.78 Å². The Morgan fingerprint density at radius 1 is 1.40 bits per heavy atom. The smallest absolute Gasteiger partial charge is 0.149 e. The maximum atomic E-state index is 13.2. The van der Waals surface area contributed by atoms with Crippen molar-refractivity contribution in [1.29, 1.82) is 0 Å². The Balaban J connectivity index is 2.50. The molecule has 2 nitrogen and oxygen atoms in total. The summed E-state index contributed by atoms with van der Waals surface area (Å²) >= 11 is 0. The predicted molar refractivity (Wildman–Crippen MR) is 57.7 cm³/mol. The maximum absolute atomic E-state index is 13.2. The molecule has 0 fully saturated rings. The Bertz CT molecular complexity index is 315. The van der Waals surface area contributed by atoms with Gasteiger partial charge in [-0.15, -0.1) is 0 Å². The number of hydrogen-bond acceptors (Lipinski definition) is 2. The van der Waals surface area contributed by atoms with Crippen molar-refractivity contribution in [2.75, 3.05) is 18.4 Å². The zero-order valence-corrected chi connectivity index (χ0v) is 8.76. The van der Waals surface area contributed by atoms with Crippen molar-refractivity contribution in [2.45, 2.75) is 13.3 Å². The number of nitrogens with two attached hydrogens (primary N) is 1. The van der Waals surface area contributed by atoms with Gasteiger partial charge in [0.2, 0.25) is 0 Å². The Labute approximate surface area is 88.5 Å². The van der Waals surface area contributed by atoms with Crippen LogP contribution in [0.15, 0.2) is 18.2 Å². The number of halogens is 2. The third-order valence-corrected chi connectivity index (χ3v) is 2.23. The van der Waals surface area contributed by atoms with E-state index >= 15 is 0 Å². The molecule has 3 N–H and O–H groups in total. The van der Waals surface area contributed by atoms with Gasteiger partial charge in [-0.3, -0.25) is 0 Å². The van der Waals surface area contributed by atoms with Crippen LogP contribution in [0, 0.1) is 17.6 Å². The van der Waals surface area contributed by atoms with E-state index in [9.17, 15) is 8.78 Å². The molecule has 1 unspecified atom stereocenters. The lowest BCUT2D eigenvalue weighted by Crippen LogP contribution is -2.15. The first-order valence-corrected chi connectivity index (χ1v) is 5.02. The Morgan fingerprint density at radius 3 is 2.73 bits per heavy atom. The molecule has 0 spiro atoms. The highest BCUT2D eigenvalue weighted by atomic mass is 19.1. The second-order valence-corrected chi connectivity index (χ2v) is 3.69. The van der Waals surface area contributed by atoms with Crippen LogP contribution >= 0.6 is 0 Å². The van der Waals surface area contributed by atoms with Crippen LogP contribution in [0.4, 0.5) is 14.5 Å². The minimum absolute atomic E-state index is 0.334. The van der Waals surface area contributed by atoms with E-state index < -0.39 is 11.6 Å². The molecule has 0 bridgehead atoms. The van der Waals surface area contributed by atoms with Gasteiger partial charge in [0.1, 0.15) is 11.6 Å². The minimum atomic E-state index is -0.562. The van der Waals surface area contributed by atoms with Gasteiger partial charge >= 0.3 is 0 Å². The van der Waals surface area contributed by atoms with E-state index in [2.05, 4.69) is 5.32 Å². The van der Waals surface area contributed by atoms with Crippen molar-refractivity contribution < 1.29 is 8.78 Å². The highest BCUT2D eigenvalue weighted by Crippen LogP contribution is 2.15. The third kappa shape index (κ3) is 3.83. The number of nitrogens with one attached hydrogen (secondary N) is 1. The Hall–Kier alpha value is -1.16. The summed E-state index contributed by atoms with van der Waals surface area (Å²) in [6.07, 6.45) is 0.885. The van der Waals surface area contributed by atoms with Crippen LogP contribution in [0.1, 0.15) is 13.3 Å². The summed E-state index contributed by atoms with van der Waals surface area (Å²) in [5, 5.41) is 2.93. The summed E-state index contributed by atoms with van der Waals surface area (Å²) in [4.78, 5) is 0. The van der Waals surface area contributed by atoms with Crippen molar-refractivity contribution in [3.8, 4) is 0 Å². The lowest BCUT2D eigenvalue weighted by Gasteiger charge is -2.12. The lowest BCUT2D eigenvalue weighted by molar-refractivity contribution is 0.560. The zero-order chi connectivity index (χ0) is 11.3. The summed E-state index contributed by atoms with van der Waals surface area (Å²) in [5.74, 6) is -0.748. The van der Waals surface area contributed by atoms with E-state index in [4.69, 9.17) is 5.73 Å². The summed E-state index contributed by atoms with van der Waals surface area (Å²) in [7, 11) is 0. The molecule has 0 saturated heterocycles. The summed E-state index contributed by atoms with van der Waals surface area (Å²) in [5.41, 5.74) is 5.73. The highest BCUT2D eigenvalue weighted by molar-refractivity contribution is 5.44. The molecule has 1 aromatic carbocycles. The number of hydrogen-bond donors (Lipinski definition) is 2. The molecule has 15 heavy (non-hydrogen) atoms. The highest BCUT2D eigenvalue weighted by Gasteiger charge is 2.05. The molecule has 0 aliphatic carbocycles. The van der Waals surface area contributed by atoms with Crippen LogP contribution < -0.4 is 11.1 Å². The normalized spacial score (nSPS) is 12.5. The van der Waals surface area contributed by atoms with Crippen molar-refractivity contribution in [2.24, 2.45) is 11.7 Å². The van der Waals surface area contributed by atoms with Gasteiger partial charge in [-0.2, -0.15) is 0 Å². The van der Waals surface area contributed by atoms with E-state index in [0.717, 1.165) is 12.5 Å². The molecule has 1 atom stereocenters. The van der Waals surface area contributed by atoms with Crippen LogP contribution in [0.25, 0.3) is 0 Å². The van der Waals surface area contributed by atoms with Gasteiger partial charge in [-0.05, 0) is 31.0 Å². The minimum Gasteiger partial charge on any atom is -0.382 e. The van der Waals surface area contributed by atoms with Crippen LogP contribution in [0.2, 0.25) is 0 Å². The van der Waals surface area contributed by atoms with E-state index in [-0.39, 0.29) is 0 Å².